The fourth-order valence-corrected chi connectivity index (χ4v) is 5.78. The Morgan fingerprint density at radius 2 is 1.90 bits per heavy atom. The Morgan fingerprint density at radius 1 is 1.10 bits per heavy atom. The normalized spacial score (nSPS) is 19.4. The summed E-state index contributed by atoms with van der Waals surface area (Å²) in [5.74, 6) is 0.954. The van der Waals surface area contributed by atoms with E-state index in [2.05, 4.69) is 27.4 Å². The molecule has 2 amide bonds. The number of tetrazole rings is 1. The van der Waals surface area contributed by atoms with Gasteiger partial charge in [0.2, 0.25) is 0 Å². The molecule has 2 aliphatic heterocycles. The van der Waals surface area contributed by atoms with Gasteiger partial charge in [-0.25, -0.2) is 4.98 Å². The first-order valence-electron chi connectivity index (χ1n) is 13.0. The van der Waals surface area contributed by atoms with Crippen LogP contribution in [0.25, 0.3) is 5.82 Å². The first kappa shape index (κ1) is 26.4. The van der Waals surface area contributed by atoms with Gasteiger partial charge in [-0.2, -0.15) is 9.78 Å². The van der Waals surface area contributed by atoms with Gasteiger partial charge in [-0.3, -0.25) is 14.3 Å². The second-order valence-corrected chi connectivity index (χ2v) is 11.2. The average molecular weight is 580 g/mol. The Kier molecular flexibility index (Phi) is 6.58. The molecule has 206 valence electrons. The third-order valence-corrected chi connectivity index (χ3v) is 8.51. The van der Waals surface area contributed by atoms with Crippen LogP contribution in [0.5, 0.6) is 0 Å². The Balaban J connectivity index is 1.28. The molecule has 0 radical (unpaired) electrons. The zero-order valence-electron chi connectivity index (χ0n) is 22.4. The van der Waals surface area contributed by atoms with Crippen molar-refractivity contribution in [2.75, 3.05) is 6.54 Å². The summed E-state index contributed by atoms with van der Waals surface area (Å²) in [5.41, 5.74) is 3.53. The molecular formula is C27H27Cl2N9O2. The largest absolute Gasteiger partial charge is 0.331 e. The van der Waals surface area contributed by atoms with Gasteiger partial charge in [-0.05, 0) is 68.0 Å². The predicted octanol–water partition coefficient (Wildman–Crippen LogP) is 4.23. The molecule has 1 unspecified atom stereocenters. The summed E-state index contributed by atoms with van der Waals surface area (Å²) in [7, 11) is 0. The van der Waals surface area contributed by atoms with Gasteiger partial charge in [0.1, 0.15) is 5.69 Å². The van der Waals surface area contributed by atoms with Crippen molar-refractivity contribution in [2.24, 2.45) is 0 Å². The summed E-state index contributed by atoms with van der Waals surface area (Å²) in [6, 6.07) is 8.28. The third kappa shape index (κ3) is 4.33. The quantitative estimate of drug-likeness (QED) is 0.355. The molecular weight excluding hydrogens is 553 g/mol. The Labute approximate surface area is 240 Å². The van der Waals surface area contributed by atoms with Crippen LogP contribution in [0.1, 0.15) is 76.3 Å². The van der Waals surface area contributed by atoms with E-state index in [1.165, 1.54) is 0 Å². The van der Waals surface area contributed by atoms with Crippen LogP contribution in [0.3, 0.4) is 0 Å². The second-order valence-electron chi connectivity index (χ2n) is 10.4. The number of hydrogen-bond donors (Lipinski definition) is 0. The minimum absolute atomic E-state index is 0.0358. The van der Waals surface area contributed by atoms with Crippen LogP contribution in [0.15, 0.2) is 36.5 Å². The second kappa shape index (κ2) is 9.97. The predicted molar refractivity (Wildman–Crippen MR) is 148 cm³/mol. The van der Waals surface area contributed by atoms with Crippen molar-refractivity contribution in [2.45, 2.75) is 58.8 Å². The van der Waals surface area contributed by atoms with Crippen LogP contribution in [0, 0.1) is 6.92 Å². The highest BCUT2D eigenvalue weighted by atomic mass is 35.5. The van der Waals surface area contributed by atoms with Gasteiger partial charge in [0.05, 0.1) is 34.4 Å². The van der Waals surface area contributed by atoms with Gasteiger partial charge in [0.15, 0.2) is 11.6 Å². The molecule has 3 aromatic heterocycles. The molecule has 11 nitrogen and oxygen atoms in total. The van der Waals surface area contributed by atoms with Crippen molar-refractivity contribution in [3.63, 3.8) is 0 Å². The number of amides is 2. The Morgan fingerprint density at radius 3 is 2.58 bits per heavy atom. The van der Waals surface area contributed by atoms with Crippen LogP contribution in [-0.2, 0) is 13.0 Å². The van der Waals surface area contributed by atoms with E-state index in [0.29, 0.717) is 45.9 Å². The number of carbonyl (C=O) groups is 2. The number of fused-ring (bicyclic) bond motifs is 3. The number of hydrogen-bond acceptors (Lipinski definition) is 7. The molecule has 0 bridgehead atoms. The zero-order valence-corrected chi connectivity index (χ0v) is 23.9. The van der Waals surface area contributed by atoms with E-state index in [4.69, 9.17) is 28.3 Å². The molecule has 4 aromatic rings. The van der Waals surface area contributed by atoms with E-state index < -0.39 is 0 Å². The Hall–Kier alpha value is -3.83. The highest BCUT2D eigenvalue weighted by Gasteiger charge is 2.40. The molecule has 40 heavy (non-hydrogen) atoms. The molecule has 0 saturated carbocycles. The molecule has 0 fully saturated rings. The number of benzene rings is 1. The Bertz CT molecular complexity index is 1630. The number of halogens is 2. The van der Waals surface area contributed by atoms with Gasteiger partial charge in [-0.15, -0.1) is 5.10 Å². The molecule has 6 rings (SSSR count). The minimum Gasteiger partial charge on any atom is -0.331 e. The van der Waals surface area contributed by atoms with Gasteiger partial charge in [0, 0.05) is 36.3 Å². The summed E-state index contributed by atoms with van der Waals surface area (Å²) in [4.78, 5) is 35.6. The van der Waals surface area contributed by atoms with E-state index >= 15 is 0 Å². The SMILES string of the molecule is Cc1nnnn1-c1ccc(C(C)N2C[C@@H](C)n3nc4c(c3C2=O)CN(C(=O)c2ccc(Cl)c(Cl)c2)[C@H](C)C4)cn1. The fourth-order valence-electron chi connectivity index (χ4n) is 5.48. The first-order valence-corrected chi connectivity index (χ1v) is 13.8. The standard InChI is InChI=1S/C27H27Cl2N9O2/c1-14-9-23-20(13-35(14)26(39)18-5-7-21(28)22(29)10-18)25-27(40)36(12-15(2)37(25)32-23)16(3)19-6-8-24(30-11-19)38-17(4)31-33-34-38/h5-8,10-11,14-16H,9,12-13H2,1-4H3/t14-,15-,16?/m1/s1. The zero-order chi connectivity index (χ0) is 28.3. The average Bonchev–Trinajstić information content (AvgIpc) is 3.54. The number of nitrogens with zero attached hydrogens (tertiary/aromatic N) is 9. The van der Waals surface area contributed by atoms with Gasteiger partial charge in [0.25, 0.3) is 11.8 Å². The van der Waals surface area contributed by atoms with Gasteiger partial charge < -0.3 is 9.80 Å². The van der Waals surface area contributed by atoms with Crippen molar-refractivity contribution < 1.29 is 9.59 Å². The molecule has 5 heterocycles. The third-order valence-electron chi connectivity index (χ3n) is 7.77. The molecule has 2 aliphatic rings. The van der Waals surface area contributed by atoms with Crippen LogP contribution >= 0.6 is 23.2 Å². The van der Waals surface area contributed by atoms with Crippen molar-refractivity contribution >= 4 is 35.0 Å². The highest BCUT2D eigenvalue weighted by Crippen LogP contribution is 2.35. The number of rotatable bonds is 4. The van der Waals surface area contributed by atoms with Crippen LogP contribution < -0.4 is 0 Å². The number of aromatic nitrogens is 7. The van der Waals surface area contributed by atoms with Crippen LogP contribution in [0.2, 0.25) is 10.0 Å². The van der Waals surface area contributed by atoms with Crippen molar-refractivity contribution in [1.29, 1.82) is 0 Å². The van der Waals surface area contributed by atoms with E-state index in [1.807, 2.05) is 35.6 Å². The molecule has 0 spiro atoms. The summed E-state index contributed by atoms with van der Waals surface area (Å²) in [6.07, 6.45) is 2.31. The molecule has 1 aromatic carbocycles. The maximum Gasteiger partial charge on any atom is 0.273 e. The monoisotopic (exact) mass is 579 g/mol. The minimum atomic E-state index is -0.234. The van der Waals surface area contributed by atoms with Crippen molar-refractivity contribution in [3.8, 4) is 5.82 Å². The van der Waals surface area contributed by atoms with Crippen molar-refractivity contribution in [1.82, 2.24) is 44.8 Å². The number of pyridine rings is 1. The summed E-state index contributed by atoms with van der Waals surface area (Å²) in [5, 5.41) is 17.1. The molecule has 0 N–H and O–H groups in total. The smallest absolute Gasteiger partial charge is 0.273 e. The van der Waals surface area contributed by atoms with E-state index in [1.54, 1.807) is 40.9 Å². The highest BCUT2D eigenvalue weighted by molar-refractivity contribution is 6.42. The molecule has 3 atom stereocenters. The number of aryl methyl sites for hydroxylation is 1. The lowest BCUT2D eigenvalue weighted by atomic mass is 9.96. The summed E-state index contributed by atoms with van der Waals surface area (Å²) < 4.78 is 3.39. The van der Waals surface area contributed by atoms with E-state index in [0.717, 1.165) is 16.8 Å². The van der Waals surface area contributed by atoms with Crippen molar-refractivity contribution in [3.05, 3.63) is 80.5 Å². The summed E-state index contributed by atoms with van der Waals surface area (Å²) in [6.45, 7) is 8.62. The van der Waals surface area contributed by atoms with Crippen LogP contribution in [-0.4, -0.2) is 69.2 Å². The fraction of sp³-hybridized carbons (Fsp3) is 0.370. The van der Waals surface area contributed by atoms with E-state index in [-0.39, 0.29) is 36.5 Å². The van der Waals surface area contributed by atoms with Gasteiger partial charge in [-0.1, -0.05) is 29.3 Å². The number of carbonyl (C=O) groups excluding carboxylic acids is 2. The van der Waals surface area contributed by atoms with Gasteiger partial charge >= 0.3 is 0 Å². The lowest BCUT2D eigenvalue weighted by Crippen LogP contribution is -2.45. The lowest BCUT2D eigenvalue weighted by molar-refractivity contribution is 0.0574. The van der Waals surface area contributed by atoms with Crippen LogP contribution in [0.4, 0.5) is 0 Å². The topological polar surface area (TPSA) is 115 Å². The van der Waals surface area contributed by atoms with E-state index in [9.17, 15) is 9.59 Å². The first-order chi connectivity index (χ1) is 19.1. The summed E-state index contributed by atoms with van der Waals surface area (Å²) >= 11 is 12.2. The maximum absolute atomic E-state index is 14.0. The molecule has 0 saturated heterocycles. The molecule has 13 heteroatoms. The molecule has 0 aliphatic carbocycles. The maximum atomic E-state index is 14.0. The lowest BCUT2D eigenvalue weighted by Gasteiger charge is -2.37.